The molecule has 0 saturated heterocycles. The lowest BCUT2D eigenvalue weighted by atomic mass is 9.98. The van der Waals surface area contributed by atoms with Crippen LogP contribution in [0.4, 0.5) is 5.69 Å². The van der Waals surface area contributed by atoms with Crippen LogP contribution in [-0.2, 0) is 27.8 Å². The lowest BCUT2D eigenvalue weighted by molar-refractivity contribution is -0.142. The molecule has 0 unspecified atom stereocenters. The molecule has 1 atom stereocenters. The van der Waals surface area contributed by atoms with Crippen LogP contribution in [-0.4, -0.2) is 25.0 Å². The molecule has 1 aliphatic rings. The lowest BCUT2D eigenvalue weighted by Crippen LogP contribution is -2.53. The average molecular weight is 423 g/mol. The van der Waals surface area contributed by atoms with Gasteiger partial charge < -0.3 is 9.84 Å². The topological polar surface area (TPSA) is 83.9 Å². The summed E-state index contributed by atoms with van der Waals surface area (Å²) < 4.78 is 33.6. The van der Waals surface area contributed by atoms with Crippen molar-refractivity contribution in [3.8, 4) is 5.75 Å². The Balaban J connectivity index is 1.63. The monoisotopic (exact) mass is 423 g/mol. The highest BCUT2D eigenvalue weighted by atomic mass is 32.2. The van der Waals surface area contributed by atoms with Gasteiger partial charge in [-0.3, -0.25) is 0 Å². The number of sulfonamides is 1. The summed E-state index contributed by atoms with van der Waals surface area (Å²) >= 11 is 0. The maximum absolute atomic E-state index is 13.4. The molecule has 0 spiro atoms. The van der Waals surface area contributed by atoms with E-state index >= 15 is 0 Å². The Morgan fingerprint density at radius 1 is 1.00 bits per heavy atom. The number of ether oxygens (including phenoxy) is 1. The Hall–Kier alpha value is -3.32. The first kappa shape index (κ1) is 20.0. The van der Waals surface area contributed by atoms with E-state index < -0.39 is 21.5 Å². The smallest absolute Gasteiger partial charge is 0.330 e. The minimum Gasteiger partial charge on any atom is -0.489 e. The second kappa shape index (κ2) is 7.50. The second-order valence-corrected chi connectivity index (χ2v) is 9.19. The molecule has 3 aromatic rings. The number of nitrogens with zero attached hydrogens (tertiary/aromatic N) is 1. The van der Waals surface area contributed by atoms with Crippen molar-refractivity contribution in [2.75, 3.05) is 4.31 Å². The van der Waals surface area contributed by atoms with Gasteiger partial charge in [0.2, 0.25) is 0 Å². The van der Waals surface area contributed by atoms with Gasteiger partial charge in [-0.15, -0.1) is 0 Å². The summed E-state index contributed by atoms with van der Waals surface area (Å²) in [5.41, 5.74) is 0.492. The molecular weight excluding hydrogens is 402 g/mol. The molecule has 6 nitrogen and oxygen atoms in total. The molecule has 4 rings (SSSR count). The number of anilines is 1. The average Bonchev–Trinajstić information content (AvgIpc) is 3.07. The summed E-state index contributed by atoms with van der Waals surface area (Å²) in [5, 5.41) is 9.82. The molecule has 0 saturated carbocycles. The highest BCUT2D eigenvalue weighted by Gasteiger charge is 2.52. The number of carboxylic acid groups (broad SMARTS) is 1. The van der Waals surface area contributed by atoms with E-state index in [4.69, 9.17) is 4.74 Å². The van der Waals surface area contributed by atoms with Crippen molar-refractivity contribution in [3.63, 3.8) is 0 Å². The minimum absolute atomic E-state index is 0.0127. The van der Waals surface area contributed by atoms with E-state index in [1.54, 1.807) is 36.4 Å². The Kier molecular flexibility index (Phi) is 4.99. The zero-order valence-corrected chi connectivity index (χ0v) is 17.2. The SMILES string of the molecule is C[C@]1(C(=O)O)Cc2ccccc2N1S(=O)(=O)c1ccc(OCc2ccccc2)cc1. The zero-order chi connectivity index (χ0) is 21.4. The van der Waals surface area contributed by atoms with Crippen molar-refractivity contribution < 1.29 is 23.1 Å². The van der Waals surface area contributed by atoms with Crippen LogP contribution in [0.5, 0.6) is 5.75 Å². The lowest BCUT2D eigenvalue weighted by Gasteiger charge is -2.32. The summed E-state index contributed by atoms with van der Waals surface area (Å²) in [4.78, 5) is 12.0. The minimum atomic E-state index is -4.09. The largest absolute Gasteiger partial charge is 0.489 e. The van der Waals surface area contributed by atoms with Gasteiger partial charge >= 0.3 is 5.97 Å². The number of fused-ring (bicyclic) bond motifs is 1. The maximum Gasteiger partial charge on any atom is 0.330 e. The second-order valence-electron chi connectivity index (χ2n) is 7.40. The van der Waals surface area contributed by atoms with E-state index in [0.29, 0.717) is 23.6 Å². The molecule has 0 bridgehead atoms. The number of carboxylic acids is 1. The van der Waals surface area contributed by atoms with Gasteiger partial charge in [-0.05, 0) is 48.4 Å². The predicted molar refractivity (Wildman–Crippen MR) is 113 cm³/mol. The van der Waals surface area contributed by atoms with Crippen molar-refractivity contribution in [2.45, 2.75) is 30.4 Å². The van der Waals surface area contributed by atoms with E-state index in [0.717, 1.165) is 9.87 Å². The Labute approximate surface area is 175 Å². The van der Waals surface area contributed by atoms with Gasteiger partial charge in [0, 0.05) is 6.42 Å². The predicted octanol–water partition coefficient (Wildman–Crippen LogP) is 3.86. The standard InChI is InChI=1S/C23H21NO5S/c1-23(22(25)26)15-18-9-5-6-10-21(18)24(23)30(27,28)20-13-11-19(12-14-20)29-16-17-7-3-2-4-8-17/h2-14H,15-16H2,1H3,(H,25,26)/t23-/m1/s1. The molecule has 0 aliphatic carbocycles. The van der Waals surface area contributed by atoms with E-state index in [2.05, 4.69) is 0 Å². The van der Waals surface area contributed by atoms with Crippen molar-refractivity contribution in [1.29, 1.82) is 0 Å². The van der Waals surface area contributed by atoms with Gasteiger partial charge in [0.1, 0.15) is 12.4 Å². The molecule has 1 N–H and O–H groups in total. The zero-order valence-electron chi connectivity index (χ0n) is 16.4. The molecule has 1 aliphatic heterocycles. The number of hydrogen-bond acceptors (Lipinski definition) is 4. The van der Waals surface area contributed by atoms with Crippen molar-refractivity contribution in [3.05, 3.63) is 90.0 Å². The van der Waals surface area contributed by atoms with Gasteiger partial charge in [-0.25, -0.2) is 17.5 Å². The fourth-order valence-corrected chi connectivity index (χ4v) is 5.48. The van der Waals surface area contributed by atoms with Crippen LogP contribution in [0.1, 0.15) is 18.1 Å². The van der Waals surface area contributed by atoms with Crippen molar-refractivity contribution in [1.82, 2.24) is 0 Å². The van der Waals surface area contributed by atoms with Gasteiger partial charge in [0.25, 0.3) is 10.0 Å². The van der Waals surface area contributed by atoms with Crippen LogP contribution in [0, 0.1) is 0 Å². The van der Waals surface area contributed by atoms with E-state index in [1.165, 1.54) is 19.1 Å². The van der Waals surface area contributed by atoms with Gasteiger partial charge in [0.15, 0.2) is 5.54 Å². The first-order valence-electron chi connectivity index (χ1n) is 9.46. The molecule has 30 heavy (non-hydrogen) atoms. The Morgan fingerprint density at radius 3 is 2.30 bits per heavy atom. The summed E-state index contributed by atoms with van der Waals surface area (Å²) in [6, 6.07) is 22.6. The summed E-state index contributed by atoms with van der Waals surface area (Å²) in [7, 11) is -4.09. The third kappa shape index (κ3) is 3.41. The van der Waals surface area contributed by atoms with Crippen LogP contribution in [0.25, 0.3) is 0 Å². The summed E-state index contributed by atoms with van der Waals surface area (Å²) in [5.74, 6) is -0.661. The number of aliphatic carboxylic acids is 1. The summed E-state index contributed by atoms with van der Waals surface area (Å²) in [6.45, 7) is 1.80. The summed E-state index contributed by atoms with van der Waals surface area (Å²) in [6.07, 6.45) is 0.107. The first-order valence-corrected chi connectivity index (χ1v) is 10.9. The number of para-hydroxylation sites is 1. The van der Waals surface area contributed by atoms with Crippen molar-refractivity contribution in [2.24, 2.45) is 0 Å². The molecule has 0 amide bonds. The maximum atomic E-state index is 13.4. The van der Waals surface area contributed by atoms with Crippen molar-refractivity contribution >= 4 is 21.7 Å². The number of benzene rings is 3. The molecule has 154 valence electrons. The first-order chi connectivity index (χ1) is 14.3. The van der Waals surface area contributed by atoms with Crippen LogP contribution in [0.15, 0.2) is 83.8 Å². The molecule has 7 heteroatoms. The van der Waals surface area contributed by atoms with Gasteiger partial charge in [-0.1, -0.05) is 48.5 Å². The van der Waals surface area contributed by atoms with E-state index in [9.17, 15) is 18.3 Å². The Morgan fingerprint density at radius 2 is 1.63 bits per heavy atom. The molecule has 3 aromatic carbocycles. The number of rotatable bonds is 6. The fraction of sp³-hybridized carbons (Fsp3) is 0.174. The van der Waals surface area contributed by atoms with E-state index in [-0.39, 0.29) is 11.3 Å². The third-order valence-electron chi connectivity index (χ3n) is 5.26. The molecular formula is C23H21NO5S. The molecule has 0 radical (unpaired) electrons. The quantitative estimate of drug-likeness (QED) is 0.651. The van der Waals surface area contributed by atoms with Crippen LogP contribution < -0.4 is 9.04 Å². The number of carbonyl (C=O) groups is 1. The fourth-order valence-electron chi connectivity index (χ4n) is 3.68. The van der Waals surface area contributed by atoms with Crippen LogP contribution >= 0.6 is 0 Å². The molecule has 0 aromatic heterocycles. The van der Waals surface area contributed by atoms with E-state index in [1.807, 2.05) is 30.3 Å². The molecule has 0 fully saturated rings. The van der Waals surface area contributed by atoms with Gasteiger partial charge in [-0.2, -0.15) is 0 Å². The normalized spacial score (nSPS) is 18.1. The van der Waals surface area contributed by atoms with Crippen LogP contribution in [0.3, 0.4) is 0 Å². The third-order valence-corrected chi connectivity index (χ3v) is 7.21. The van der Waals surface area contributed by atoms with Gasteiger partial charge in [0.05, 0.1) is 10.6 Å². The highest BCUT2D eigenvalue weighted by molar-refractivity contribution is 7.93. The van der Waals surface area contributed by atoms with Crippen LogP contribution in [0.2, 0.25) is 0 Å². The number of hydrogen-bond donors (Lipinski definition) is 1. The Bertz CT molecular complexity index is 1180. The molecule has 1 heterocycles. The highest BCUT2D eigenvalue weighted by Crippen LogP contribution is 2.42.